The van der Waals surface area contributed by atoms with Gasteiger partial charge in [-0.3, -0.25) is 0 Å². The summed E-state index contributed by atoms with van der Waals surface area (Å²) >= 11 is 0. The van der Waals surface area contributed by atoms with Crippen LogP contribution in [0.15, 0.2) is 30.3 Å². The quantitative estimate of drug-likeness (QED) is 0.883. The zero-order valence-electron chi connectivity index (χ0n) is 13.1. The molecule has 3 N–H and O–H groups in total. The van der Waals surface area contributed by atoms with Gasteiger partial charge >= 0.3 is 0 Å². The van der Waals surface area contributed by atoms with Crippen LogP contribution in [0, 0.1) is 5.41 Å². The highest BCUT2D eigenvalue weighted by atomic mass is 16.3. The van der Waals surface area contributed by atoms with Crippen LogP contribution in [0.25, 0.3) is 0 Å². The molecule has 1 aromatic carbocycles. The first-order valence-corrected chi connectivity index (χ1v) is 8.67. The third-order valence-corrected chi connectivity index (χ3v) is 6.27. The van der Waals surface area contributed by atoms with Crippen molar-refractivity contribution >= 4 is 0 Å². The molecule has 1 aromatic rings. The Morgan fingerprint density at radius 1 is 0.952 bits per heavy atom. The molecule has 0 bridgehead atoms. The molecule has 0 atom stereocenters. The fraction of sp³-hybridized carbons (Fsp3) is 0.684. The molecule has 2 fully saturated rings. The third kappa shape index (κ3) is 2.76. The summed E-state index contributed by atoms with van der Waals surface area (Å²) in [5.41, 5.74) is 7.05. The minimum atomic E-state index is -0.520. The molecule has 0 unspecified atom stereocenters. The van der Waals surface area contributed by atoms with Crippen LogP contribution in [0.2, 0.25) is 0 Å². The van der Waals surface area contributed by atoms with Crippen molar-refractivity contribution in [2.24, 2.45) is 11.1 Å². The third-order valence-electron chi connectivity index (χ3n) is 6.27. The summed E-state index contributed by atoms with van der Waals surface area (Å²) in [6, 6.07) is 10.8. The zero-order chi connectivity index (χ0) is 14.8. The first-order chi connectivity index (χ1) is 10.2. The van der Waals surface area contributed by atoms with Gasteiger partial charge < -0.3 is 10.8 Å². The molecule has 0 heterocycles. The van der Waals surface area contributed by atoms with E-state index in [1.807, 2.05) is 0 Å². The Morgan fingerprint density at radius 3 is 2.14 bits per heavy atom. The number of hydrogen-bond acceptors (Lipinski definition) is 2. The summed E-state index contributed by atoms with van der Waals surface area (Å²) in [6.45, 7) is 0.652. The van der Waals surface area contributed by atoms with Crippen molar-refractivity contribution in [1.29, 1.82) is 0 Å². The van der Waals surface area contributed by atoms with E-state index in [2.05, 4.69) is 30.3 Å². The fourth-order valence-electron chi connectivity index (χ4n) is 4.77. The van der Waals surface area contributed by atoms with Gasteiger partial charge in [0.2, 0.25) is 0 Å². The normalized spacial score (nSPS) is 32.8. The summed E-state index contributed by atoms with van der Waals surface area (Å²) in [7, 11) is 0. The van der Waals surface area contributed by atoms with Crippen LogP contribution in [0.3, 0.4) is 0 Å². The second-order valence-corrected chi connectivity index (χ2v) is 7.26. The van der Waals surface area contributed by atoms with Gasteiger partial charge in [-0.1, -0.05) is 49.6 Å². The predicted molar refractivity (Wildman–Crippen MR) is 87.2 cm³/mol. The maximum atomic E-state index is 11.3. The molecule has 21 heavy (non-hydrogen) atoms. The van der Waals surface area contributed by atoms with Crippen LogP contribution < -0.4 is 5.73 Å². The van der Waals surface area contributed by atoms with Gasteiger partial charge in [0.1, 0.15) is 0 Å². The highest BCUT2D eigenvalue weighted by Crippen LogP contribution is 2.52. The molecule has 0 radical (unpaired) electrons. The Kier molecular flexibility index (Phi) is 4.37. The van der Waals surface area contributed by atoms with Crippen molar-refractivity contribution in [1.82, 2.24) is 0 Å². The number of hydrogen-bond donors (Lipinski definition) is 2. The van der Waals surface area contributed by atoms with E-state index < -0.39 is 5.60 Å². The van der Waals surface area contributed by atoms with E-state index in [0.29, 0.717) is 12.5 Å². The van der Waals surface area contributed by atoms with Gasteiger partial charge in [-0.15, -0.1) is 0 Å². The van der Waals surface area contributed by atoms with E-state index in [1.165, 1.54) is 24.8 Å². The lowest BCUT2D eigenvalue weighted by Gasteiger charge is -2.52. The number of rotatable bonds is 3. The number of benzene rings is 1. The van der Waals surface area contributed by atoms with Gasteiger partial charge in [-0.25, -0.2) is 0 Å². The van der Waals surface area contributed by atoms with E-state index in [4.69, 9.17) is 5.73 Å². The predicted octanol–water partition coefficient (Wildman–Crippen LogP) is 3.98. The van der Waals surface area contributed by atoms with Crippen LogP contribution in [0.5, 0.6) is 0 Å². The van der Waals surface area contributed by atoms with E-state index in [-0.39, 0.29) is 5.41 Å². The minimum absolute atomic E-state index is 0.00704. The van der Waals surface area contributed by atoms with Crippen molar-refractivity contribution in [3.63, 3.8) is 0 Å². The highest BCUT2D eigenvalue weighted by molar-refractivity contribution is 5.21. The second-order valence-electron chi connectivity index (χ2n) is 7.26. The van der Waals surface area contributed by atoms with E-state index in [0.717, 1.165) is 38.5 Å². The number of aliphatic hydroxyl groups is 1. The van der Waals surface area contributed by atoms with Crippen LogP contribution in [-0.2, 0) is 0 Å². The molecule has 0 saturated heterocycles. The average molecular weight is 287 g/mol. The lowest BCUT2D eigenvalue weighted by molar-refractivity contribution is -0.124. The van der Waals surface area contributed by atoms with Gasteiger partial charge in [-0.2, -0.15) is 0 Å². The molecule has 116 valence electrons. The minimum Gasteiger partial charge on any atom is -0.389 e. The highest BCUT2D eigenvalue weighted by Gasteiger charge is 2.50. The molecular weight excluding hydrogens is 258 g/mol. The molecule has 0 aromatic heterocycles. The molecule has 0 aliphatic heterocycles. The van der Waals surface area contributed by atoms with Crippen molar-refractivity contribution < 1.29 is 5.11 Å². The van der Waals surface area contributed by atoms with Gasteiger partial charge in [0.15, 0.2) is 0 Å². The monoisotopic (exact) mass is 287 g/mol. The maximum absolute atomic E-state index is 11.3. The standard InChI is InChI=1S/C19H29NO/c20-15-18(11-5-2-6-12-18)19(21)13-9-17(10-14-19)16-7-3-1-4-8-16/h1,3-4,7-8,17,21H,2,5-6,9-15,20H2. The van der Waals surface area contributed by atoms with Crippen LogP contribution in [-0.4, -0.2) is 17.3 Å². The van der Waals surface area contributed by atoms with E-state index >= 15 is 0 Å². The smallest absolute Gasteiger partial charge is 0.0716 e. The largest absolute Gasteiger partial charge is 0.389 e. The Labute approximate surface area is 128 Å². The summed E-state index contributed by atoms with van der Waals surface area (Å²) < 4.78 is 0. The Morgan fingerprint density at radius 2 is 1.57 bits per heavy atom. The van der Waals surface area contributed by atoms with Crippen LogP contribution in [0.1, 0.15) is 69.3 Å². The molecule has 2 heteroatoms. The molecule has 2 aliphatic rings. The summed E-state index contributed by atoms with van der Waals surface area (Å²) in [6.07, 6.45) is 10.1. The van der Waals surface area contributed by atoms with Gasteiger partial charge in [0.25, 0.3) is 0 Å². The maximum Gasteiger partial charge on any atom is 0.0716 e. The summed E-state index contributed by atoms with van der Waals surface area (Å²) in [5, 5.41) is 11.3. The van der Waals surface area contributed by atoms with Gasteiger partial charge in [0, 0.05) is 12.0 Å². The topological polar surface area (TPSA) is 46.2 Å². The van der Waals surface area contributed by atoms with Gasteiger partial charge in [0.05, 0.1) is 5.60 Å². The Balaban J connectivity index is 1.71. The first-order valence-electron chi connectivity index (χ1n) is 8.67. The van der Waals surface area contributed by atoms with Crippen molar-refractivity contribution in [3.05, 3.63) is 35.9 Å². The molecule has 2 aliphatic carbocycles. The number of nitrogens with two attached hydrogens (primary N) is 1. The molecule has 0 amide bonds. The lowest BCUT2D eigenvalue weighted by Crippen LogP contribution is -2.55. The molecule has 2 saturated carbocycles. The fourth-order valence-corrected chi connectivity index (χ4v) is 4.77. The summed E-state index contributed by atoms with van der Waals surface area (Å²) in [4.78, 5) is 0. The second kappa shape index (κ2) is 6.10. The van der Waals surface area contributed by atoms with Crippen molar-refractivity contribution in [2.45, 2.75) is 69.3 Å². The van der Waals surface area contributed by atoms with E-state index in [9.17, 15) is 5.11 Å². The molecule has 3 rings (SSSR count). The van der Waals surface area contributed by atoms with Crippen molar-refractivity contribution in [3.8, 4) is 0 Å². The van der Waals surface area contributed by atoms with Gasteiger partial charge in [-0.05, 0) is 50.0 Å². The summed E-state index contributed by atoms with van der Waals surface area (Å²) in [5.74, 6) is 0.616. The average Bonchev–Trinajstić information content (AvgIpc) is 2.57. The van der Waals surface area contributed by atoms with Crippen LogP contribution >= 0.6 is 0 Å². The first kappa shape index (κ1) is 15.1. The Bertz CT molecular complexity index is 442. The lowest BCUT2D eigenvalue weighted by atomic mass is 9.57. The molecular formula is C19H29NO. The zero-order valence-corrected chi connectivity index (χ0v) is 13.1. The van der Waals surface area contributed by atoms with E-state index in [1.54, 1.807) is 0 Å². The molecule has 2 nitrogen and oxygen atoms in total. The van der Waals surface area contributed by atoms with Crippen LogP contribution in [0.4, 0.5) is 0 Å². The molecule has 0 spiro atoms. The van der Waals surface area contributed by atoms with Crippen molar-refractivity contribution in [2.75, 3.05) is 6.54 Å². The Hall–Kier alpha value is -0.860. The SMILES string of the molecule is NCC1(C2(O)CCC(c3ccccc3)CC2)CCCCC1.